The molecule has 0 bridgehead atoms. The molecule has 1 saturated heterocycles. The molecule has 0 saturated carbocycles. The van der Waals surface area contributed by atoms with Gasteiger partial charge in [-0.05, 0) is 58.3 Å². The van der Waals surface area contributed by atoms with Crippen LogP contribution >= 0.6 is 0 Å². The number of benzene rings is 1. The number of ether oxygens (including phenoxy) is 2. The number of piperidine rings is 1. The predicted octanol–water partition coefficient (Wildman–Crippen LogP) is 4.14. The van der Waals surface area contributed by atoms with Gasteiger partial charge in [0.1, 0.15) is 22.9 Å². The molecule has 1 spiro atoms. The van der Waals surface area contributed by atoms with E-state index in [2.05, 4.69) is 14.8 Å². The second kappa shape index (κ2) is 10.5. The second-order valence-corrected chi connectivity index (χ2v) is 10.3. The number of rotatable bonds is 7. The molecule has 1 aromatic heterocycles. The van der Waals surface area contributed by atoms with E-state index in [-0.39, 0.29) is 23.9 Å². The molecule has 3 heterocycles. The largest absolute Gasteiger partial charge is 0.487 e. The highest BCUT2D eigenvalue weighted by molar-refractivity contribution is 5.92. The molecule has 1 amide bonds. The molecule has 2 aromatic rings. The molecule has 7 nitrogen and oxygen atoms in total. The zero-order chi connectivity index (χ0) is 25.2. The van der Waals surface area contributed by atoms with E-state index in [1.807, 2.05) is 52.0 Å². The Hall–Kier alpha value is -2.71. The summed E-state index contributed by atoms with van der Waals surface area (Å²) in [6.07, 6.45) is 3.59. The van der Waals surface area contributed by atoms with Crippen LogP contribution in [0.2, 0.25) is 0 Å². The second-order valence-electron chi connectivity index (χ2n) is 10.3. The molecule has 0 unspecified atom stereocenters. The highest BCUT2D eigenvalue weighted by Gasteiger charge is 2.45. The third-order valence-electron chi connectivity index (χ3n) is 6.89. The molecule has 0 aliphatic carbocycles. The van der Waals surface area contributed by atoms with E-state index in [1.54, 1.807) is 12.3 Å². The summed E-state index contributed by atoms with van der Waals surface area (Å²) in [5, 5.41) is 0. The summed E-state index contributed by atoms with van der Waals surface area (Å²) >= 11 is 0. The molecule has 4 rings (SSSR count). The van der Waals surface area contributed by atoms with Crippen LogP contribution in [0.4, 0.5) is 10.1 Å². The Balaban J connectivity index is 1.40. The Kier molecular flexibility index (Phi) is 7.62. The highest BCUT2D eigenvalue weighted by atomic mass is 19.1. The average molecular weight is 485 g/mol. The van der Waals surface area contributed by atoms with Gasteiger partial charge in [-0.25, -0.2) is 9.37 Å². The van der Waals surface area contributed by atoms with Crippen molar-refractivity contribution in [2.75, 3.05) is 52.2 Å². The number of aromatic nitrogens is 1. The van der Waals surface area contributed by atoms with Crippen LogP contribution in [-0.2, 0) is 4.74 Å². The standard InChI is InChI=1S/C27H37FN4O3/c1-19(2)34-25-17-27(35-24-9-6-20(28)16-22(24)25)10-12-32(13-11-27)26(33)23-8-7-21(18-29-23)31(5)15-14-30(3)4/h6-9,16,18-19,25H,10-15,17H2,1-5H3/t25-/m1/s1. The number of amides is 1. The van der Waals surface area contributed by atoms with E-state index in [9.17, 15) is 9.18 Å². The number of halogens is 1. The first-order valence-electron chi connectivity index (χ1n) is 12.4. The molecule has 0 N–H and O–H groups in total. The van der Waals surface area contributed by atoms with Crippen molar-refractivity contribution in [1.29, 1.82) is 0 Å². The van der Waals surface area contributed by atoms with Crippen LogP contribution in [0.15, 0.2) is 36.5 Å². The maximum absolute atomic E-state index is 13.9. The molecular weight excluding hydrogens is 447 g/mol. The molecule has 2 aliphatic heterocycles. The van der Waals surface area contributed by atoms with E-state index >= 15 is 0 Å². The van der Waals surface area contributed by atoms with Gasteiger partial charge in [-0.15, -0.1) is 0 Å². The summed E-state index contributed by atoms with van der Waals surface area (Å²) in [5.74, 6) is 0.331. The lowest BCUT2D eigenvalue weighted by Crippen LogP contribution is -2.52. The summed E-state index contributed by atoms with van der Waals surface area (Å²) in [5.41, 5.74) is 1.79. The molecule has 2 aliphatic rings. The summed E-state index contributed by atoms with van der Waals surface area (Å²) in [7, 11) is 6.12. The summed E-state index contributed by atoms with van der Waals surface area (Å²) in [4.78, 5) is 23.7. The average Bonchev–Trinajstić information content (AvgIpc) is 2.83. The van der Waals surface area contributed by atoms with Gasteiger partial charge < -0.3 is 24.2 Å². The van der Waals surface area contributed by atoms with Gasteiger partial charge in [-0.1, -0.05) is 0 Å². The minimum absolute atomic E-state index is 0.0175. The molecule has 1 fully saturated rings. The highest BCUT2D eigenvalue weighted by Crippen LogP contribution is 2.46. The maximum Gasteiger partial charge on any atom is 0.272 e. The normalized spacial score (nSPS) is 19.1. The van der Waals surface area contributed by atoms with Crippen molar-refractivity contribution in [2.45, 2.75) is 50.9 Å². The van der Waals surface area contributed by atoms with E-state index in [4.69, 9.17) is 9.47 Å². The molecule has 0 radical (unpaired) electrons. The van der Waals surface area contributed by atoms with Gasteiger partial charge in [0.05, 0.1) is 24.1 Å². The monoisotopic (exact) mass is 484 g/mol. The minimum Gasteiger partial charge on any atom is -0.487 e. The van der Waals surface area contributed by atoms with Crippen molar-refractivity contribution < 1.29 is 18.7 Å². The number of likely N-dealkylation sites (tertiary alicyclic amines) is 1. The van der Waals surface area contributed by atoms with E-state index in [0.29, 0.717) is 43.8 Å². The summed E-state index contributed by atoms with van der Waals surface area (Å²) in [6, 6.07) is 8.40. The quantitative estimate of drug-likeness (QED) is 0.589. The van der Waals surface area contributed by atoms with E-state index < -0.39 is 5.60 Å². The van der Waals surface area contributed by atoms with Crippen LogP contribution < -0.4 is 9.64 Å². The first-order valence-corrected chi connectivity index (χ1v) is 12.4. The minimum atomic E-state index is -0.423. The number of fused-ring (bicyclic) bond motifs is 1. The lowest BCUT2D eigenvalue weighted by molar-refractivity contribution is -0.0874. The smallest absolute Gasteiger partial charge is 0.272 e. The van der Waals surface area contributed by atoms with Crippen LogP contribution in [0.5, 0.6) is 5.75 Å². The van der Waals surface area contributed by atoms with Crippen molar-refractivity contribution in [3.63, 3.8) is 0 Å². The molecular formula is C27H37FN4O3. The SMILES string of the molecule is CC(C)O[C@@H]1CC2(CCN(C(=O)c3ccc(N(C)CCN(C)C)cn3)CC2)Oc2ccc(F)cc21. The van der Waals surface area contributed by atoms with Gasteiger partial charge in [-0.3, -0.25) is 4.79 Å². The van der Waals surface area contributed by atoms with Crippen LogP contribution in [0.25, 0.3) is 0 Å². The van der Waals surface area contributed by atoms with Crippen LogP contribution in [0, 0.1) is 5.82 Å². The van der Waals surface area contributed by atoms with Gasteiger partial charge in [0, 0.05) is 58.1 Å². The fraction of sp³-hybridized carbons (Fsp3) is 0.556. The first-order chi connectivity index (χ1) is 16.7. The van der Waals surface area contributed by atoms with E-state index in [1.165, 1.54) is 12.1 Å². The Labute approximate surface area is 207 Å². The number of hydrogen-bond donors (Lipinski definition) is 0. The van der Waals surface area contributed by atoms with Crippen molar-refractivity contribution in [1.82, 2.24) is 14.8 Å². The van der Waals surface area contributed by atoms with Gasteiger partial charge in [0.2, 0.25) is 0 Å². The number of carbonyl (C=O) groups excluding carboxylic acids is 1. The number of pyridine rings is 1. The van der Waals surface area contributed by atoms with Gasteiger partial charge in [0.25, 0.3) is 5.91 Å². The number of carbonyl (C=O) groups is 1. The van der Waals surface area contributed by atoms with Gasteiger partial charge >= 0.3 is 0 Å². The zero-order valence-electron chi connectivity index (χ0n) is 21.5. The van der Waals surface area contributed by atoms with Crippen LogP contribution in [0.1, 0.15) is 55.3 Å². The third-order valence-corrected chi connectivity index (χ3v) is 6.89. The van der Waals surface area contributed by atoms with Gasteiger partial charge in [0.15, 0.2) is 0 Å². The fourth-order valence-electron chi connectivity index (χ4n) is 4.84. The fourth-order valence-corrected chi connectivity index (χ4v) is 4.84. The molecule has 8 heteroatoms. The van der Waals surface area contributed by atoms with Crippen molar-refractivity contribution in [3.05, 3.63) is 53.6 Å². The number of anilines is 1. The Morgan fingerprint density at radius 3 is 2.57 bits per heavy atom. The van der Waals surface area contributed by atoms with Crippen LogP contribution in [0.3, 0.4) is 0 Å². The van der Waals surface area contributed by atoms with E-state index in [0.717, 1.165) is 24.3 Å². The first kappa shape index (κ1) is 25.4. The van der Waals surface area contributed by atoms with Gasteiger partial charge in [-0.2, -0.15) is 0 Å². The summed E-state index contributed by atoms with van der Waals surface area (Å²) < 4.78 is 26.5. The zero-order valence-corrected chi connectivity index (χ0v) is 21.5. The van der Waals surface area contributed by atoms with Crippen LogP contribution in [-0.4, -0.2) is 79.7 Å². The lowest BCUT2D eigenvalue weighted by atomic mass is 9.81. The predicted molar refractivity (Wildman–Crippen MR) is 135 cm³/mol. The third kappa shape index (κ3) is 5.93. The Morgan fingerprint density at radius 1 is 1.20 bits per heavy atom. The summed E-state index contributed by atoms with van der Waals surface area (Å²) in [6.45, 7) is 6.96. The van der Waals surface area contributed by atoms with Crippen molar-refractivity contribution in [2.24, 2.45) is 0 Å². The van der Waals surface area contributed by atoms with Crippen molar-refractivity contribution in [3.8, 4) is 5.75 Å². The van der Waals surface area contributed by atoms with Crippen molar-refractivity contribution >= 4 is 11.6 Å². The molecule has 190 valence electrons. The molecule has 1 atom stereocenters. The molecule has 35 heavy (non-hydrogen) atoms. The number of hydrogen-bond acceptors (Lipinski definition) is 6. The number of likely N-dealkylation sites (N-methyl/N-ethyl adjacent to an activating group) is 2. The topological polar surface area (TPSA) is 58.1 Å². The molecule has 1 aromatic carbocycles. The Morgan fingerprint density at radius 2 is 1.94 bits per heavy atom. The number of nitrogens with zero attached hydrogens (tertiary/aromatic N) is 4. The Bertz CT molecular complexity index is 1020. The lowest BCUT2D eigenvalue weighted by Gasteiger charge is -2.47. The maximum atomic E-state index is 13.9.